The number of anilines is 6. The van der Waals surface area contributed by atoms with Gasteiger partial charge in [-0.15, -0.1) is 0 Å². The van der Waals surface area contributed by atoms with Crippen LogP contribution >= 0.6 is 0 Å². The van der Waals surface area contributed by atoms with E-state index >= 15 is 0 Å². The van der Waals surface area contributed by atoms with Crippen molar-refractivity contribution in [3.63, 3.8) is 0 Å². The van der Waals surface area contributed by atoms with E-state index in [1.807, 2.05) is 36.4 Å². The minimum atomic E-state index is 0.610. The molecule has 0 aliphatic carbocycles. The van der Waals surface area contributed by atoms with Crippen LogP contribution in [0.5, 0.6) is 0 Å². The molecule has 2 aromatic heterocycles. The molecule has 0 spiro atoms. The third-order valence-electron chi connectivity index (χ3n) is 12.6. The van der Waals surface area contributed by atoms with E-state index in [2.05, 4.69) is 198 Å². The Labute approximate surface area is 368 Å². The van der Waals surface area contributed by atoms with Gasteiger partial charge in [0.2, 0.25) is 5.89 Å². The molecular weight excluding hydrogens is 783 g/mol. The zero-order chi connectivity index (χ0) is 42.1. The molecule has 64 heavy (non-hydrogen) atoms. The Balaban J connectivity index is 0.917. The number of hydrogen-bond donors (Lipinski definition) is 0. The van der Waals surface area contributed by atoms with Crippen LogP contribution in [0.25, 0.3) is 87.6 Å². The maximum atomic E-state index is 6.25. The van der Waals surface area contributed by atoms with E-state index in [1.165, 1.54) is 37.7 Å². The van der Waals surface area contributed by atoms with Crippen LogP contribution in [0.3, 0.4) is 0 Å². The average Bonchev–Trinajstić information content (AvgIpc) is 3.96. The number of benzene rings is 11. The van der Waals surface area contributed by atoms with Gasteiger partial charge >= 0.3 is 0 Å². The molecule has 0 fully saturated rings. The zero-order valence-corrected chi connectivity index (χ0v) is 34.5. The van der Waals surface area contributed by atoms with Gasteiger partial charge in [-0.05, 0) is 152 Å². The Morgan fingerprint density at radius 1 is 0.281 bits per heavy atom. The van der Waals surface area contributed by atoms with Crippen LogP contribution in [0.2, 0.25) is 0 Å². The van der Waals surface area contributed by atoms with Crippen LogP contribution in [0, 0.1) is 0 Å². The largest absolute Gasteiger partial charge is 0.456 e. The smallest absolute Gasteiger partial charge is 0.227 e. The van der Waals surface area contributed by atoms with Crippen LogP contribution in [-0.2, 0) is 0 Å². The first-order valence-electron chi connectivity index (χ1n) is 21.6. The second-order valence-corrected chi connectivity index (χ2v) is 16.4. The summed E-state index contributed by atoms with van der Waals surface area (Å²) in [7, 11) is 0. The highest BCUT2D eigenvalue weighted by atomic mass is 16.3. The quantitative estimate of drug-likeness (QED) is 0.150. The summed E-state index contributed by atoms with van der Waals surface area (Å²) in [6.07, 6.45) is 0. The maximum Gasteiger partial charge on any atom is 0.227 e. The first-order valence-corrected chi connectivity index (χ1v) is 21.6. The minimum Gasteiger partial charge on any atom is -0.456 e. The number of hydrogen-bond acceptors (Lipinski definition) is 5. The minimum absolute atomic E-state index is 0.610. The van der Waals surface area contributed by atoms with Gasteiger partial charge in [-0.1, -0.05) is 115 Å². The molecule has 0 N–H and O–H groups in total. The van der Waals surface area contributed by atoms with E-state index in [-0.39, 0.29) is 0 Å². The third kappa shape index (κ3) is 6.05. The third-order valence-corrected chi connectivity index (χ3v) is 12.6. The average molecular weight is 820 g/mol. The Kier molecular flexibility index (Phi) is 8.15. The molecule has 0 bridgehead atoms. The van der Waals surface area contributed by atoms with Crippen molar-refractivity contribution in [2.24, 2.45) is 0 Å². The summed E-state index contributed by atoms with van der Waals surface area (Å²) in [6, 6.07) is 79.8. The predicted molar refractivity (Wildman–Crippen MR) is 266 cm³/mol. The normalized spacial score (nSPS) is 11.8. The highest BCUT2D eigenvalue weighted by molar-refractivity contribution is 6.11. The monoisotopic (exact) mass is 819 g/mol. The summed E-state index contributed by atoms with van der Waals surface area (Å²) >= 11 is 0. The molecule has 0 aliphatic rings. The van der Waals surface area contributed by atoms with Crippen molar-refractivity contribution in [2.45, 2.75) is 0 Å². The lowest BCUT2D eigenvalue weighted by Crippen LogP contribution is -2.10. The fourth-order valence-electron chi connectivity index (χ4n) is 9.45. The van der Waals surface area contributed by atoms with Crippen molar-refractivity contribution in [3.8, 4) is 11.5 Å². The molecule has 0 amide bonds. The summed E-state index contributed by atoms with van der Waals surface area (Å²) in [5.41, 5.74) is 10.7. The lowest BCUT2D eigenvalue weighted by molar-refractivity contribution is 0.620. The van der Waals surface area contributed by atoms with E-state index < -0.39 is 0 Å². The van der Waals surface area contributed by atoms with E-state index in [4.69, 9.17) is 13.8 Å². The van der Waals surface area contributed by atoms with Crippen LogP contribution in [-0.4, -0.2) is 4.98 Å². The molecule has 11 aromatic carbocycles. The molecule has 0 unspecified atom stereocenters. The van der Waals surface area contributed by atoms with Gasteiger partial charge in [0.15, 0.2) is 5.58 Å². The summed E-state index contributed by atoms with van der Waals surface area (Å²) in [4.78, 5) is 9.44. The summed E-state index contributed by atoms with van der Waals surface area (Å²) in [5.74, 6) is 0.610. The number of fused-ring (bicyclic) bond motifs is 9. The molecule has 0 radical (unpaired) electrons. The molecule has 0 aliphatic heterocycles. The fraction of sp³-hybridized carbons (Fsp3) is 0. The van der Waals surface area contributed by atoms with Gasteiger partial charge in [0.05, 0.1) is 0 Å². The van der Waals surface area contributed by atoms with Crippen LogP contribution < -0.4 is 9.80 Å². The summed E-state index contributed by atoms with van der Waals surface area (Å²) < 4.78 is 12.4. The highest BCUT2D eigenvalue weighted by Gasteiger charge is 2.19. The van der Waals surface area contributed by atoms with Crippen molar-refractivity contribution < 1.29 is 8.83 Å². The van der Waals surface area contributed by atoms with Crippen molar-refractivity contribution in [1.82, 2.24) is 4.98 Å². The molecule has 13 rings (SSSR count). The Morgan fingerprint density at radius 3 is 1.38 bits per heavy atom. The zero-order valence-electron chi connectivity index (χ0n) is 34.5. The molecule has 13 aromatic rings. The van der Waals surface area contributed by atoms with E-state index in [1.54, 1.807) is 0 Å². The first-order chi connectivity index (χ1) is 31.7. The lowest BCUT2D eigenvalue weighted by Gasteiger charge is -2.27. The second kappa shape index (κ2) is 14.5. The Bertz CT molecular complexity index is 3910. The summed E-state index contributed by atoms with van der Waals surface area (Å²) in [5, 5.41) is 11.7. The van der Waals surface area contributed by atoms with Gasteiger partial charge in [0.25, 0.3) is 0 Å². The van der Waals surface area contributed by atoms with Crippen molar-refractivity contribution >= 4 is 110 Å². The van der Waals surface area contributed by atoms with Gasteiger partial charge in [-0.2, -0.15) is 0 Å². The van der Waals surface area contributed by atoms with E-state index in [9.17, 15) is 0 Å². The number of nitrogens with zero attached hydrogens (tertiary/aromatic N) is 3. The molecule has 5 heteroatoms. The molecule has 5 nitrogen and oxygen atoms in total. The molecule has 300 valence electrons. The van der Waals surface area contributed by atoms with Gasteiger partial charge in [0.1, 0.15) is 16.7 Å². The molecule has 0 atom stereocenters. The predicted octanol–water partition coefficient (Wildman–Crippen LogP) is 16.9. The molecular formula is C59H37N3O2. The van der Waals surface area contributed by atoms with Crippen LogP contribution in [0.4, 0.5) is 34.1 Å². The van der Waals surface area contributed by atoms with Crippen LogP contribution in [0.1, 0.15) is 0 Å². The van der Waals surface area contributed by atoms with E-state index in [0.717, 1.165) is 78.1 Å². The van der Waals surface area contributed by atoms with Crippen LogP contribution in [0.15, 0.2) is 233 Å². The number of aromatic nitrogens is 1. The fourth-order valence-corrected chi connectivity index (χ4v) is 9.45. The standard InChI is InChI=1S/C59H37N3O2/c1-3-11-41-33-46(25-19-38(41)9-1)61(45-23-21-40(22-24-45)59-60-55-14-6-8-16-58(55)64-59)48-27-30-51-43(35-48)17-18-44-36-49(28-31-52(44)51)62(47-26-20-39-10-2-4-12-42(39)34-47)50-29-32-57-54(37-50)53-13-5-7-15-56(53)63-57/h1-37H. The molecule has 2 heterocycles. The van der Waals surface area contributed by atoms with Gasteiger partial charge in [0, 0.05) is 50.5 Å². The second-order valence-electron chi connectivity index (χ2n) is 16.4. The number of rotatable bonds is 7. The lowest BCUT2D eigenvalue weighted by atomic mass is 9.99. The van der Waals surface area contributed by atoms with Crippen molar-refractivity contribution in [3.05, 3.63) is 224 Å². The Hall–Kier alpha value is -8.67. The topological polar surface area (TPSA) is 45.7 Å². The number of oxazole rings is 1. The number of furan rings is 1. The maximum absolute atomic E-state index is 6.25. The van der Waals surface area contributed by atoms with Crippen molar-refractivity contribution in [2.75, 3.05) is 9.80 Å². The molecule has 0 saturated carbocycles. The van der Waals surface area contributed by atoms with E-state index in [0.29, 0.717) is 5.89 Å². The van der Waals surface area contributed by atoms with Gasteiger partial charge in [-0.25, -0.2) is 4.98 Å². The Morgan fingerprint density at radius 2 is 0.734 bits per heavy atom. The molecule has 0 saturated heterocycles. The summed E-state index contributed by atoms with van der Waals surface area (Å²) in [6.45, 7) is 0. The first kappa shape index (κ1) is 36.0. The van der Waals surface area contributed by atoms with Crippen molar-refractivity contribution in [1.29, 1.82) is 0 Å². The number of para-hydroxylation sites is 3. The highest BCUT2D eigenvalue weighted by Crippen LogP contribution is 2.43. The SMILES string of the molecule is c1ccc2cc(N(c3ccc(-c4nc5ccccc5o4)cc3)c3ccc4c(ccc5cc(N(c6ccc7ccccc7c6)c6ccc7oc8ccccc8c7c6)ccc54)c3)ccc2c1. The van der Waals surface area contributed by atoms with Gasteiger partial charge in [-0.3, -0.25) is 0 Å². The van der Waals surface area contributed by atoms with Gasteiger partial charge < -0.3 is 18.6 Å².